The standard InChI is InChI=1S/C28H33N5O2/c1-4-6-12-25-31-24-18-30-28(29-17-7-5-2)32-26(24)33(25)19-20-13-15-21(16-14-20)22-10-8-9-11-23(22)27(34)35-3/h8-11,13-16,18H,4-7,12,17,19H2,1-3H3,(H,29,30,32). The summed E-state index contributed by atoms with van der Waals surface area (Å²) in [5, 5.41) is 3.32. The number of aromatic nitrogens is 4. The number of fused-ring (bicyclic) bond motifs is 1. The van der Waals surface area contributed by atoms with Crippen LogP contribution in [0.1, 0.15) is 61.3 Å². The summed E-state index contributed by atoms with van der Waals surface area (Å²) in [6.45, 7) is 5.88. The largest absolute Gasteiger partial charge is 0.465 e. The van der Waals surface area contributed by atoms with Gasteiger partial charge in [0.15, 0.2) is 5.65 Å². The van der Waals surface area contributed by atoms with Gasteiger partial charge in [0.2, 0.25) is 5.95 Å². The van der Waals surface area contributed by atoms with E-state index in [1.807, 2.05) is 24.4 Å². The number of anilines is 1. The fourth-order valence-electron chi connectivity index (χ4n) is 4.11. The van der Waals surface area contributed by atoms with Crippen LogP contribution in [0.2, 0.25) is 0 Å². The van der Waals surface area contributed by atoms with Crippen molar-refractivity contribution in [2.24, 2.45) is 0 Å². The van der Waals surface area contributed by atoms with Crippen LogP contribution in [0.3, 0.4) is 0 Å². The summed E-state index contributed by atoms with van der Waals surface area (Å²) < 4.78 is 7.16. The molecule has 0 saturated carbocycles. The molecule has 0 aliphatic rings. The number of imidazole rings is 1. The molecule has 0 spiro atoms. The summed E-state index contributed by atoms with van der Waals surface area (Å²) in [5.74, 6) is 1.34. The molecule has 2 aromatic carbocycles. The Balaban J connectivity index is 1.64. The number of methoxy groups -OCH3 is 1. The molecule has 4 rings (SSSR count). The Hall–Kier alpha value is -3.74. The number of nitrogens with zero attached hydrogens (tertiary/aromatic N) is 4. The number of benzene rings is 2. The lowest BCUT2D eigenvalue weighted by Gasteiger charge is -2.11. The van der Waals surface area contributed by atoms with Crippen molar-refractivity contribution in [1.29, 1.82) is 0 Å². The smallest absolute Gasteiger partial charge is 0.338 e. The zero-order valence-corrected chi connectivity index (χ0v) is 20.8. The van der Waals surface area contributed by atoms with Crippen LogP contribution in [0.5, 0.6) is 0 Å². The van der Waals surface area contributed by atoms with Crippen LogP contribution in [0.4, 0.5) is 5.95 Å². The lowest BCUT2D eigenvalue weighted by molar-refractivity contribution is 0.0601. The van der Waals surface area contributed by atoms with Gasteiger partial charge in [-0.1, -0.05) is 69.2 Å². The Morgan fingerprint density at radius 1 is 1.00 bits per heavy atom. The molecule has 1 N–H and O–H groups in total. The minimum absolute atomic E-state index is 0.335. The molecule has 182 valence electrons. The van der Waals surface area contributed by atoms with E-state index in [2.05, 4.69) is 53.0 Å². The van der Waals surface area contributed by atoms with Gasteiger partial charge in [0.25, 0.3) is 0 Å². The van der Waals surface area contributed by atoms with Crippen molar-refractivity contribution in [3.05, 3.63) is 71.7 Å². The van der Waals surface area contributed by atoms with Crippen LogP contribution in [0.25, 0.3) is 22.3 Å². The molecule has 2 heterocycles. The molecule has 0 atom stereocenters. The molecule has 4 aromatic rings. The number of unbranched alkanes of at least 4 members (excludes halogenated alkanes) is 2. The number of carbonyl (C=O) groups is 1. The molecule has 0 radical (unpaired) electrons. The lowest BCUT2D eigenvalue weighted by Crippen LogP contribution is -2.08. The number of aryl methyl sites for hydroxylation is 1. The summed E-state index contributed by atoms with van der Waals surface area (Å²) in [4.78, 5) is 26.3. The SMILES string of the molecule is CCCCNc1ncc2nc(CCCC)n(Cc3ccc(-c4ccccc4C(=O)OC)cc3)c2n1. The average molecular weight is 472 g/mol. The van der Waals surface area contributed by atoms with E-state index >= 15 is 0 Å². The molecule has 0 amide bonds. The molecule has 0 aliphatic heterocycles. The highest BCUT2D eigenvalue weighted by molar-refractivity contribution is 5.97. The highest BCUT2D eigenvalue weighted by atomic mass is 16.5. The Bertz CT molecular complexity index is 1280. The maximum absolute atomic E-state index is 12.2. The van der Waals surface area contributed by atoms with Crippen LogP contribution in [0, 0.1) is 0 Å². The topological polar surface area (TPSA) is 81.9 Å². The van der Waals surface area contributed by atoms with Crippen molar-refractivity contribution in [1.82, 2.24) is 19.5 Å². The Labute approximate surface area is 206 Å². The molecule has 0 aliphatic carbocycles. The van der Waals surface area contributed by atoms with E-state index in [9.17, 15) is 4.79 Å². The van der Waals surface area contributed by atoms with Crippen LogP contribution >= 0.6 is 0 Å². The van der Waals surface area contributed by atoms with Crippen molar-refractivity contribution >= 4 is 23.1 Å². The minimum Gasteiger partial charge on any atom is -0.465 e. The molecule has 0 fully saturated rings. The number of hydrogen-bond acceptors (Lipinski definition) is 6. The summed E-state index contributed by atoms with van der Waals surface area (Å²) in [6, 6.07) is 15.8. The first kappa shape index (κ1) is 24.4. The van der Waals surface area contributed by atoms with Crippen molar-refractivity contribution < 1.29 is 9.53 Å². The van der Waals surface area contributed by atoms with Crippen LogP contribution in [0.15, 0.2) is 54.7 Å². The highest BCUT2D eigenvalue weighted by Crippen LogP contribution is 2.26. The molecule has 35 heavy (non-hydrogen) atoms. The van der Waals surface area contributed by atoms with Gasteiger partial charge >= 0.3 is 5.97 Å². The Morgan fingerprint density at radius 2 is 1.77 bits per heavy atom. The van der Waals surface area contributed by atoms with Gasteiger partial charge in [-0.25, -0.2) is 14.8 Å². The second kappa shape index (κ2) is 11.6. The van der Waals surface area contributed by atoms with Crippen molar-refractivity contribution in [3.8, 4) is 11.1 Å². The maximum Gasteiger partial charge on any atom is 0.338 e. The van der Waals surface area contributed by atoms with Gasteiger partial charge < -0.3 is 14.6 Å². The minimum atomic E-state index is -0.335. The first-order valence-corrected chi connectivity index (χ1v) is 12.4. The third-order valence-electron chi connectivity index (χ3n) is 6.07. The summed E-state index contributed by atoms with van der Waals surface area (Å²) in [7, 11) is 1.40. The normalized spacial score (nSPS) is 11.1. The van der Waals surface area contributed by atoms with Crippen molar-refractivity contribution in [2.75, 3.05) is 19.0 Å². The number of hydrogen-bond donors (Lipinski definition) is 1. The fourth-order valence-corrected chi connectivity index (χ4v) is 4.11. The van der Waals surface area contributed by atoms with Gasteiger partial charge in [-0.05, 0) is 35.6 Å². The van der Waals surface area contributed by atoms with Gasteiger partial charge in [0, 0.05) is 13.0 Å². The third kappa shape index (κ3) is 5.67. The molecule has 7 nitrogen and oxygen atoms in total. The summed E-state index contributed by atoms with van der Waals surface area (Å²) >= 11 is 0. The predicted octanol–water partition coefficient (Wildman–Crippen LogP) is 5.88. The molecule has 2 aromatic heterocycles. The Kier molecular flexibility index (Phi) is 8.08. The number of nitrogens with one attached hydrogen (secondary N) is 1. The van der Waals surface area contributed by atoms with E-state index in [0.717, 1.165) is 72.3 Å². The quantitative estimate of drug-likeness (QED) is 0.217. The molecule has 0 saturated heterocycles. The van der Waals surface area contributed by atoms with E-state index in [4.69, 9.17) is 14.7 Å². The summed E-state index contributed by atoms with van der Waals surface area (Å²) in [5.41, 5.74) is 5.20. The number of carbonyl (C=O) groups excluding carboxylic acids is 1. The average Bonchev–Trinajstić information content (AvgIpc) is 3.24. The van der Waals surface area contributed by atoms with E-state index in [1.54, 1.807) is 6.07 Å². The second-order valence-corrected chi connectivity index (χ2v) is 8.63. The second-order valence-electron chi connectivity index (χ2n) is 8.63. The van der Waals surface area contributed by atoms with Crippen molar-refractivity contribution in [2.45, 2.75) is 52.5 Å². The first-order chi connectivity index (χ1) is 17.1. The van der Waals surface area contributed by atoms with E-state index in [1.165, 1.54) is 7.11 Å². The van der Waals surface area contributed by atoms with E-state index < -0.39 is 0 Å². The molecular formula is C28H33N5O2. The third-order valence-corrected chi connectivity index (χ3v) is 6.07. The fraction of sp³-hybridized carbons (Fsp3) is 0.357. The number of esters is 1. The number of ether oxygens (including phenoxy) is 1. The van der Waals surface area contributed by atoms with E-state index in [0.29, 0.717) is 18.1 Å². The molecular weight excluding hydrogens is 438 g/mol. The number of rotatable bonds is 11. The van der Waals surface area contributed by atoms with Gasteiger partial charge in [0.05, 0.1) is 25.4 Å². The van der Waals surface area contributed by atoms with Gasteiger partial charge in [-0.3, -0.25) is 0 Å². The van der Waals surface area contributed by atoms with E-state index in [-0.39, 0.29) is 5.97 Å². The zero-order chi connectivity index (χ0) is 24.6. The monoisotopic (exact) mass is 471 g/mol. The van der Waals surface area contributed by atoms with Crippen molar-refractivity contribution in [3.63, 3.8) is 0 Å². The molecule has 7 heteroatoms. The maximum atomic E-state index is 12.2. The highest BCUT2D eigenvalue weighted by Gasteiger charge is 2.15. The van der Waals surface area contributed by atoms with Gasteiger partial charge in [-0.2, -0.15) is 4.98 Å². The zero-order valence-electron chi connectivity index (χ0n) is 20.8. The molecule has 0 bridgehead atoms. The van der Waals surface area contributed by atoms with Gasteiger partial charge in [0.1, 0.15) is 11.3 Å². The summed E-state index contributed by atoms with van der Waals surface area (Å²) in [6.07, 6.45) is 7.09. The molecule has 0 unspecified atom stereocenters. The first-order valence-electron chi connectivity index (χ1n) is 12.4. The van der Waals surface area contributed by atoms with Gasteiger partial charge in [-0.15, -0.1) is 0 Å². The van der Waals surface area contributed by atoms with Crippen LogP contribution in [-0.2, 0) is 17.7 Å². The Morgan fingerprint density at radius 3 is 2.51 bits per heavy atom. The lowest BCUT2D eigenvalue weighted by atomic mass is 9.98. The van der Waals surface area contributed by atoms with Crippen LogP contribution < -0.4 is 5.32 Å². The predicted molar refractivity (Wildman–Crippen MR) is 140 cm³/mol. The van der Waals surface area contributed by atoms with Crippen LogP contribution in [-0.4, -0.2) is 39.1 Å².